The van der Waals surface area contributed by atoms with Crippen molar-refractivity contribution in [3.63, 3.8) is 0 Å². The van der Waals surface area contributed by atoms with E-state index in [-0.39, 0.29) is 0 Å². The summed E-state index contributed by atoms with van der Waals surface area (Å²) in [7, 11) is -1.62. The van der Waals surface area contributed by atoms with Crippen molar-refractivity contribution in [1.29, 1.82) is 0 Å². The SMILES string of the molecule is C[Si](C)(C)[Si](C)(C)CBr. The van der Waals surface area contributed by atoms with Crippen molar-refractivity contribution in [2.45, 2.75) is 32.7 Å². The lowest BCUT2D eigenvalue weighted by atomic mass is 11.8. The highest BCUT2D eigenvalue weighted by atomic mass is 79.9. The van der Waals surface area contributed by atoms with Gasteiger partial charge >= 0.3 is 0 Å². The van der Waals surface area contributed by atoms with E-state index in [9.17, 15) is 0 Å². The number of rotatable bonds is 2. The second kappa shape index (κ2) is 2.88. The summed E-state index contributed by atoms with van der Waals surface area (Å²) in [6, 6.07) is 0. The number of alkyl halides is 1. The van der Waals surface area contributed by atoms with E-state index in [2.05, 4.69) is 48.7 Å². The predicted octanol–water partition coefficient (Wildman–Crippen LogP) is 3.05. The zero-order valence-corrected chi connectivity index (χ0v) is 10.7. The smallest absolute Gasteiger partial charge is 0.0526 e. The Kier molecular flexibility index (Phi) is 3.18. The molecular weight excluding hydrogens is 208 g/mol. The van der Waals surface area contributed by atoms with Crippen LogP contribution in [-0.2, 0) is 0 Å². The first-order valence-corrected chi connectivity index (χ1v) is 12.2. The van der Waals surface area contributed by atoms with E-state index in [4.69, 9.17) is 0 Å². The van der Waals surface area contributed by atoms with E-state index in [1.54, 1.807) is 0 Å². The second-order valence-electron chi connectivity index (χ2n) is 4.27. The molecule has 0 aromatic rings. The average Bonchev–Trinajstić information content (AvgIpc) is 1.64. The van der Waals surface area contributed by atoms with Gasteiger partial charge in [-0.05, 0) is 4.95 Å². The summed E-state index contributed by atoms with van der Waals surface area (Å²) in [4.78, 5) is 1.27. The quantitative estimate of drug-likeness (QED) is 0.500. The van der Waals surface area contributed by atoms with Crippen molar-refractivity contribution in [3.05, 3.63) is 0 Å². The molecule has 0 rings (SSSR count). The first-order valence-electron chi connectivity index (χ1n) is 3.37. The van der Waals surface area contributed by atoms with Gasteiger partial charge in [0.2, 0.25) is 0 Å². The molecule has 0 radical (unpaired) electrons. The highest BCUT2D eigenvalue weighted by Crippen LogP contribution is 2.19. The Balaban J connectivity index is 4.14. The third-order valence-electron chi connectivity index (χ3n) is 2.36. The van der Waals surface area contributed by atoms with E-state index in [0.29, 0.717) is 0 Å². The van der Waals surface area contributed by atoms with Crippen molar-refractivity contribution < 1.29 is 0 Å². The highest BCUT2D eigenvalue weighted by Gasteiger charge is 2.35. The predicted molar refractivity (Wildman–Crippen MR) is 54.6 cm³/mol. The maximum Gasteiger partial charge on any atom is 0.0526 e. The Bertz CT molecular complexity index is 93.7. The van der Waals surface area contributed by atoms with Crippen LogP contribution in [0.5, 0.6) is 0 Å². The van der Waals surface area contributed by atoms with Gasteiger partial charge < -0.3 is 0 Å². The summed E-state index contributed by atoms with van der Waals surface area (Å²) in [6.07, 6.45) is 0. The van der Waals surface area contributed by atoms with E-state index in [0.717, 1.165) is 0 Å². The zero-order chi connectivity index (χ0) is 7.71. The van der Waals surface area contributed by atoms with E-state index < -0.39 is 15.2 Å². The fourth-order valence-corrected chi connectivity index (χ4v) is 9.37. The minimum atomic E-state index is -0.823. The van der Waals surface area contributed by atoms with Crippen LogP contribution in [0.25, 0.3) is 0 Å². The van der Waals surface area contributed by atoms with Crippen molar-refractivity contribution in [3.8, 4) is 0 Å². The summed E-state index contributed by atoms with van der Waals surface area (Å²) < 4.78 is 0. The fraction of sp³-hybridized carbons (Fsp3) is 1.00. The minimum Gasteiger partial charge on any atom is -0.0964 e. The molecule has 0 amide bonds. The molecule has 0 fully saturated rings. The van der Waals surface area contributed by atoms with Gasteiger partial charge in [0.25, 0.3) is 0 Å². The number of hydrogen-bond donors (Lipinski definition) is 0. The van der Waals surface area contributed by atoms with Gasteiger partial charge in [-0.15, -0.1) is 0 Å². The zero-order valence-electron chi connectivity index (χ0n) is 7.09. The minimum absolute atomic E-state index is 0.793. The van der Waals surface area contributed by atoms with Crippen LogP contribution < -0.4 is 0 Å². The van der Waals surface area contributed by atoms with Crippen LogP contribution in [0, 0.1) is 0 Å². The second-order valence-corrected chi connectivity index (χ2v) is 23.0. The van der Waals surface area contributed by atoms with Gasteiger partial charge in [0.15, 0.2) is 0 Å². The summed E-state index contributed by atoms with van der Waals surface area (Å²) in [5.74, 6) is 0. The van der Waals surface area contributed by atoms with Gasteiger partial charge in [-0.1, -0.05) is 48.7 Å². The van der Waals surface area contributed by atoms with E-state index in [1.807, 2.05) is 0 Å². The molecular formula is C6H17BrSi2. The average molecular weight is 225 g/mol. The van der Waals surface area contributed by atoms with Gasteiger partial charge in [0.1, 0.15) is 0 Å². The van der Waals surface area contributed by atoms with Crippen LogP contribution in [0.4, 0.5) is 0 Å². The molecule has 0 atom stereocenters. The molecule has 0 aliphatic heterocycles. The number of halogens is 1. The summed E-state index contributed by atoms with van der Waals surface area (Å²) in [5, 5.41) is 0. The van der Waals surface area contributed by atoms with Crippen molar-refractivity contribution in [2.24, 2.45) is 0 Å². The Morgan fingerprint density at radius 2 is 1.33 bits per heavy atom. The summed E-state index contributed by atoms with van der Waals surface area (Å²) in [5.41, 5.74) is 0. The van der Waals surface area contributed by atoms with E-state index >= 15 is 0 Å². The normalized spacial score (nSPS) is 14.0. The fourth-order valence-electron chi connectivity index (χ4n) is 0.200. The van der Waals surface area contributed by atoms with Gasteiger partial charge in [-0.3, -0.25) is 0 Å². The Hall–Kier alpha value is 0.914. The summed E-state index contributed by atoms with van der Waals surface area (Å²) >= 11 is 3.60. The lowest BCUT2D eigenvalue weighted by Crippen LogP contribution is -2.54. The molecule has 0 bridgehead atoms. The molecule has 0 aliphatic rings. The van der Waals surface area contributed by atoms with Gasteiger partial charge in [-0.25, -0.2) is 0 Å². The van der Waals surface area contributed by atoms with Crippen LogP contribution in [0.15, 0.2) is 0 Å². The number of hydrogen-bond acceptors (Lipinski definition) is 0. The van der Waals surface area contributed by atoms with Gasteiger partial charge in [0.05, 0.1) is 7.59 Å². The van der Waals surface area contributed by atoms with Crippen molar-refractivity contribution in [2.75, 3.05) is 4.95 Å². The molecule has 3 heteroatoms. The molecule has 0 spiro atoms. The van der Waals surface area contributed by atoms with Crippen molar-refractivity contribution >= 4 is 31.1 Å². The van der Waals surface area contributed by atoms with E-state index in [1.165, 1.54) is 4.95 Å². The molecule has 0 saturated heterocycles. The van der Waals surface area contributed by atoms with Crippen LogP contribution in [-0.4, -0.2) is 20.1 Å². The largest absolute Gasteiger partial charge is 0.0964 e. The maximum absolute atomic E-state index is 3.60. The lowest BCUT2D eigenvalue weighted by molar-refractivity contribution is 1.70. The molecule has 0 nitrogen and oxygen atoms in total. The highest BCUT2D eigenvalue weighted by molar-refractivity contribution is 9.09. The lowest BCUT2D eigenvalue weighted by Gasteiger charge is -2.33. The van der Waals surface area contributed by atoms with Gasteiger partial charge in [-0.2, -0.15) is 0 Å². The van der Waals surface area contributed by atoms with Crippen LogP contribution in [0.2, 0.25) is 32.7 Å². The first kappa shape index (κ1) is 9.91. The Morgan fingerprint density at radius 1 is 1.00 bits per heavy atom. The Labute approximate surface area is 69.0 Å². The monoisotopic (exact) mass is 224 g/mol. The van der Waals surface area contributed by atoms with Crippen LogP contribution in [0.1, 0.15) is 0 Å². The van der Waals surface area contributed by atoms with Gasteiger partial charge in [0, 0.05) is 7.59 Å². The molecule has 0 saturated carbocycles. The first-order chi connectivity index (χ1) is 3.81. The topological polar surface area (TPSA) is 0 Å². The third-order valence-corrected chi connectivity index (χ3v) is 25.6. The Morgan fingerprint density at radius 3 is 1.33 bits per heavy atom. The molecule has 0 aliphatic carbocycles. The maximum atomic E-state index is 3.60. The summed E-state index contributed by atoms with van der Waals surface area (Å²) in [6.45, 7) is 12.4. The molecule has 0 unspecified atom stereocenters. The van der Waals surface area contributed by atoms with Crippen LogP contribution >= 0.6 is 15.9 Å². The molecule has 0 aromatic carbocycles. The molecule has 56 valence electrons. The van der Waals surface area contributed by atoms with Crippen LogP contribution in [0.3, 0.4) is 0 Å². The molecule has 0 aromatic heterocycles. The molecule has 0 N–H and O–H groups in total. The third kappa shape index (κ3) is 2.55. The standard InChI is InChI=1S/C6H17BrSi2/c1-8(2,3)9(4,5)6-7/h6H2,1-5H3. The van der Waals surface area contributed by atoms with Crippen molar-refractivity contribution in [1.82, 2.24) is 0 Å². The molecule has 0 heterocycles. The molecule has 9 heavy (non-hydrogen) atoms.